The molecule has 1 aliphatic rings. The molecule has 1 fully saturated rings. The van der Waals surface area contributed by atoms with Gasteiger partial charge in [0, 0.05) is 24.6 Å². The molecule has 13 heavy (non-hydrogen) atoms. The van der Waals surface area contributed by atoms with Crippen molar-refractivity contribution in [3.63, 3.8) is 0 Å². The molecular formula is C9H10ClF2N. The summed E-state index contributed by atoms with van der Waals surface area (Å²) in [6, 6.07) is 3.99. The van der Waals surface area contributed by atoms with E-state index in [1.54, 1.807) is 0 Å². The van der Waals surface area contributed by atoms with E-state index in [1.165, 1.54) is 18.2 Å². The largest absolute Gasteiger partial charge is 0.315 e. The number of rotatable bonds is 1. The molecule has 1 aromatic carbocycles. The van der Waals surface area contributed by atoms with Crippen LogP contribution in [-0.2, 0) is 0 Å². The molecule has 1 saturated heterocycles. The minimum absolute atomic E-state index is 0. The minimum atomic E-state index is -0.429. The number of nitrogens with one attached hydrogen (secondary N) is 1. The van der Waals surface area contributed by atoms with Crippen molar-refractivity contribution in [1.82, 2.24) is 5.32 Å². The van der Waals surface area contributed by atoms with E-state index >= 15 is 0 Å². The zero-order valence-corrected chi connectivity index (χ0v) is 7.70. The Morgan fingerprint density at radius 2 is 1.69 bits per heavy atom. The lowest BCUT2D eigenvalue weighted by Crippen LogP contribution is -2.40. The minimum Gasteiger partial charge on any atom is -0.315 e. The lowest BCUT2D eigenvalue weighted by atomic mass is 9.93. The average Bonchev–Trinajstić information content (AvgIpc) is 1.93. The molecule has 0 saturated carbocycles. The molecule has 0 radical (unpaired) electrons. The van der Waals surface area contributed by atoms with Gasteiger partial charge in [-0.1, -0.05) is 6.07 Å². The van der Waals surface area contributed by atoms with Crippen LogP contribution in [0.3, 0.4) is 0 Å². The Hall–Kier alpha value is -0.670. The van der Waals surface area contributed by atoms with Gasteiger partial charge in [0.05, 0.1) is 0 Å². The van der Waals surface area contributed by atoms with Gasteiger partial charge in [-0.2, -0.15) is 0 Å². The van der Waals surface area contributed by atoms with E-state index in [4.69, 9.17) is 0 Å². The summed E-state index contributed by atoms with van der Waals surface area (Å²) < 4.78 is 26.1. The highest BCUT2D eigenvalue weighted by Crippen LogP contribution is 2.25. The van der Waals surface area contributed by atoms with Crippen LogP contribution in [0.15, 0.2) is 18.2 Å². The Morgan fingerprint density at radius 3 is 2.08 bits per heavy atom. The zero-order valence-electron chi connectivity index (χ0n) is 6.89. The molecule has 0 aromatic heterocycles. The molecule has 4 heteroatoms. The summed E-state index contributed by atoms with van der Waals surface area (Å²) in [5, 5.41) is 2.98. The average molecular weight is 206 g/mol. The number of halogens is 3. The van der Waals surface area contributed by atoms with Crippen LogP contribution < -0.4 is 5.32 Å². The fourth-order valence-corrected chi connectivity index (χ4v) is 1.39. The highest BCUT2D eigenvalue weighted by atomic mass is 35.5. The molecule has 0 amide bonds. The van der Waals surface area contributed by atoms with Crippen LogP contribution in [0.4, 0.5) is 8.78 Å². The third-order valence-corrected chi connectivity index (χ3v) is 2.19. The van der Waals surface area contributed by atoms with Crippen LogP contribution in [0.2, 0.25) is 0 Å². The molecule has 0 bridgehead atoms. The van der Waals surface area contributed by atoms with Gasteiger partial charge in [-0.3, -0.25) is 0 Å². The van der Waals surface area contributed by atoms with Crippen LogP contribution in [0, 0.1) is 11.6 Å². The first-order valence-electron chi connectivity index (χ1n) is 3.93. The summed E-state index contributed by atoms with van der Waals surface area (Å²) in [5.74, 6) is -0.839. The van der Waals surface area contributed by atoms with E-state index in [0.29, 0.717) is 13.1 Å². The first-order chi connectivity index (χ1) is 5.79. The quantitative estimate of drug-likeness (QED) is 0.740. The summed E-state index contributed by atoms with van der Waals surface area (Å²) in [7, 11) is 0. The summed E-state index contributed by atoms with van der Waals surface area (Å²) in [4.78, 5) is 0. The van der Waals surface area contributed by atoms with Crippen LogP contribution in [0.1, 0.15) is 11.5 Å². The second kappa shape index (κ2) is 4.03. The lowest BCUT2D eigenvalue weighted by Gasteiger charge is -2.27. The third kappa shape index (κ3) is 1.81. The van der Waals surface area contributed by atoms with E-state index < -0.39 is 11.6 Å². The molecule has 1 aromatic rings. The van der Waals surface area contributed by atoms with Crippen molar-refractivity contribution >= 4 is 12.4 Å². The monoisotopic (exact) mass is 205 g/mol. The Bertz CT molecular complexity index is 279. The highest BCUT2D eigenvalue weighted by molar-refractivity contribution is 5.85. The van der Waals surface area contributed by atoms with Gasteiger partial charge in [0.15, 0.2) is 0 Å². The Morgan fingerprint density at radius 1 is 1.15 bits per heavy atom. The number of benzene rings is 1. The van der Waals surface area contributed by atoms with Gasteiger partial charge in [0.2, 0.25) is 0 Å². The van der Waals surface area contributed by atoms with Crippen molar-refractivity contribution in [3.05, 3.63) is 35.4 Å². The number of hydrogen-bond donors (Lipinski definition) is 1. The first kappa shape index (κ1) is 10.4. The Kier molecular flexibility index (Phi) is 3.22. The van der Waals surface area contributed by atoms with E-state index in [1.807, 2.05) is 0 Å². The molecule has 1 nitrogen and oxygen atoms in total. The molecule has 1 N–H and O–H groups in total. The van der Waals surface area contributed by atoms with Crippen molar-refractivity contribution < 1.29 is 8.78 Å². The maximum Gasteiger partial charge on any atom is 0.129 e. The van der Waals surface area contributed by atoms with Crippen LogP contribution in [0.25, 0.3) is 0 Å². The Balaban J connectivity index is 0.000000845. The summed E-state index contributed by atoms with van der Waals surface area (Å²) in [5.41, 5.74) is 0.233. The molecule has 0 aliphatic carbocycles. The standard InChI is InChI=1S/C9H9F2N.ClH/c10-7-2-1-3-8(11)9(7)6-4-12-5-6;/h1-3,6,12H,4-5H2;1H. The van der Waals surface area contributed by atoms with Crippen molar-refractivity contribution in [2.75, 3.05) is 13.1 Å². The SMILES string of the molecule is Cl.Fc1cccc(F)c1C1CNC1. The van der Waals surface area contributed by atoms with Gasteiger partial charge >= 0.3 is 0 Å². The smallest absolute Gasteiger partial charge is 0.129 e. The van der Waals surface area contributed by atoms with Gasteiger partial charge in [0.25, 0.3) is 0 Å². The van der Waals surface area contributed by atoms with Crippen molar-refractivity contribution in [3.8, 4) is 0 Å². The van der Waals surface area contributed by atoms with Gasteiger partial charge in [-0.05, 0) is 12.1 Å². The summed E-state index contributed by atoms with van der Waals surface area (Å²) in [6.45, 7) is 1.36. The predicted molar refractivity (Wildman–Crippen MR) is 49.2 cm³/mol. The van der Waals surface area contributed by atoms with Gasteiger partial charge in [-0.25, -0.2) is 8.78 Å². The van der Waals surface area contributed by atoms with Crippen LogP contribution in [-0.4, -0.2) is 13.1 Å². The maximum absolute atomic E-state index is 13.1. The molecule has 0 spiro atoms. The lowest BCUT2D eigenvalue weighted by molar-refractivity contribution is 0.411. The fraction of sp³-hybridized carbons (Fsp3) is 0.333. The van der Waals surface area contributed by atoms with Crippen molar-refractivity contribution in [2.45, 2.75) is 5.92 Å². The first-order valence-corrected chi connectivity index (χ1v) is 3.93. The molecule has 1 aliphatic heterocycles. The van der Waals surface area contributed by atoms with Crippen LogP contribution >= 0.6 is 12.4 Å². The third-order valence-electron chi connectivity index (χ3n) is 2.19. The van der Waals surface area contributed by atoms with Crippen molar-refractivity contribution in [1.29, 1.82) is 0 Å². The molecular weight excluding hydrogens is 196 g/mol. The van der Waals surface area contributed by atoms with Gasteiger partial charge in [-0.15, -0.1) is 12.4 Å². The van der Waals surface area contributed by atoms with Crippen molar-refractivity contribution in [2.24, 2.45) is 0 Å². The molecule has 0 atom stereocenters. The normalized spacial score (nSPS) is 16.2. The fourth-order valence-electron chi connectivity index (χ4n) is 1.39. The molecule has 72 valence electrons. The van der Waals surface area contributed by atoms with Gasteiger partial charge < -0.3 is 5.32 Å². The Labute approximate surface area is 81.6 Å². The topological polar surface area (TPSA) is 12.0 Å². The van der Waals surface area contributed by atoms with Crippen LogP contribution in [0.5, 0.6) is 0 Å². The highest BCUT2D eigenvalue weighted by Gasteiger charge is 2.24. The maximum atomic E-state index is 13.1. The second-order valence-electron chi connectivity index (χ2n) is 2.99. The molecule has 1 heterocycles. The second-order valence-corrected chi connectivity index (χ2v) is 2.99. The predicted octanol–water partition coefficient (Wildman–Crippen LogP) is 2.07. The summed E-state index contributed by atoms with van der Waals surface area (Å²) >= 11 is 0. The van der Waals surface area contributed by atoms with E-state index in [-0.39, 0.29) is 23.9 Å². The molecule has 2 rings (SSSR count). The zero-order chi connectivity index (χ0) is 8.55. The molecule has 0 unspecified atom stereocenters. The van der Waals surface area contributed by atoms with E-state index in [9.17, 15) is 8.78 Å². The van der Waals surface area contributed by atoms with E-state index in [2.05, 4.69) is 5.32 Å². The number of hydrogen-bond acceptors (Lipinski definition) is 1. The van der Waals surface area contributed by atoms with E-state index in [0.717, 1.165) is 0 Å². The van der Waals surface area contributed by atoms with Gasteiger partial charge in [0.1, 0.15) is 11.6 Å². The summed E-state index contributed by atoms with van der Waals surface area (Å²) in [6.07, 6.45) is 0.